The lowest BCUT2D eigenvalue weighted by Gasteiger charge is -2.27. The first-order valence-electron chi connectivity index (χ1n) is 10.4. The van der Waals surface area contributed by atoms with E-state index >= 15 is 0 Å². The molecule has 2 heterocycles. The van der Waals surface area contributed by atoms with E-state index in [2.05, 4.69) is 24.0 Å². The van der Waals surface area contributed by atoms with Crippen molar-refractivity contribution in [3.8, 4) is 5.69 Å². The minimum Gasteiger partial charge on any atom is -0.336 e. The number of rotatable bonds is 6. The van der Waals surface area contributed by atoms with Gasteiger partial charge in [-0.25, -0.2) is 9.07 Å². The molecule has 0 N–H and O–H groups in total. The lowest BCUT2D eigenvalue weighted by Crippen LogP contribution is -2.32. The summed E-state index contributed by atoms with van der Waals surface area (Å²) in [7, 11) is 1.77. The fourth-order valence-corrected chi connectivity index (χ4v) is 4.07. The van der Waals surface area contributed by atoms with Crippen molar-refractivity contribution in [1.82, 2.24) is 19.6 Å². The molecule has 1 aromatic heterocycles. The number of aromatic nitrogens is 2. The number of nitrogens with zero attached hydrogens (tertiary/aromatic N) is 4. The number of amides is 1. The van der Waals surface area contributed by atoms with Crippen LogP contribution >= 0.6 is 0 Å². The molecule has 30 heavy (non-hydrogen) atoms. The van der Waals surface area contributed by atoms with E-state index in [1.165, 1.54) is 35.5 Å². The summed E-state index contributed by atoms with van der Waals surface area (Å²) in [6.45, 7) is 5.53. The van der Waals surface area contributed by atoms with Crippen LogP contribution in [0.15, 0.2) is 54.6 Å². The zero-order chi connectivity index (χ0) is 21.1. The summed E-state index contributed by atoms with van der Waals surface area (Å²) in [4.78, 5) is 16.9. The predicted molar refractivity (Wildman–Crippen MR) is 115 cm³/mol. The molecule has 0 atom stereocenters. The standard InChI is InChI=1S/C24H27FN4O/c1-3-14-28-15-13-23-21(16-28)22(26-29(23)20-7-5-4-6-8-20)17-27(2)24(30)18-9-11-19(25)12-10-18/h4-12H,3,13-17H2,1-2H3. The maximum Gasteiger partial charge on any atom is 0.253 e. The minimum absolute atomic E-state index is 0.140. The molecule has 0 fully saturated rings. The third-order valence-corrected chi connectivity index (χ3v) is 5.59. The molecule has 0 saturated carbocycles. The average Bonchev–Trinajstić information content (AvgIpc) is 3.12. The number of fused-ring (bicyclic) bond motifs is 1. The second kappa shape index (κ2) is 8.79. The van der Waals surface area contributed by atoms with Crippen LogP contribution in [0.1, 0.15) is 40.7 Å². The van der Waals surface area contributed by atoms with E-state index in [0.717, 1.165) is 43.9 Å². The van der Waals surface area contributed by atoms with Gasteiger partial charge in [-0.15, -0.1) is 0 Å². The molecule has 0 radical (unpaired) electrons. The molecule has 0 unspecified atom stereocenters. The SMILES string of the molecule is CCCN1CCc2c(c(CN(C)C(=O)c3ccc(F)cc3)nn2-c2ccccc2)C1. The van der Waals surface area contributed by atoms with Crippen LogP contribution in [0.4, 0.5) is 4.39 Å². The van der Waals surface area contributed by atoms with Crippen LogP contribution in [-0.4, -0.2) is 45.6 Å². The Hall–Kier alpha value is -2.99. The maximum atomic E-state index is 13.2. The van der Waals surface area contributed by atoms with Crippen molar-refractivity contribution < 1.29 is 9.18 Å². The van der Waals surface area contributed by atoms with E-state index < -0.39 is 0 Å². The summed E-state index contributed by atoms with van der Waals surface area (Å²) in [5.74, 6) is -0.486. The summed E-state index contributed by atoms with van der Waals surface area (Å²) >= 11 is 0. The monoisotopic (exact) mass is 406 g/mol. The highest BCUT2D eigenvalue weighted by Crippen LogP contribution is 2.26. The Balaban J connectivity index is 1.64. The van der Waals surface area contributed by atoms with Crippen LogP contribution in [0.5, 0.6) is 0 Å². The highest BCUT2D eigenvalue weighted by Gasteiger charge is 2.26. The van der Waals surface area contributed by atoms with Crippen molar-refractivity contribution in [3.63, 3.8) is 0 Å². The molecule has 5 nitrogen and oxygen atoms in total. The molecule has 0 saturated heterocycles. The molecule has 0 spiro atoms. The molecule has 6 heteroatoms. The van der Waals surface area contributed by atoms with Gasteiger partial charge in [-0.1, -0.05) is 25.1 Å². The van der Waals surface area contributed by atoms with E-state index in [0.29, 0.717) is 12.1 Å². The van der Waals surface area contributed by atoms with Crippen molar-refractivity contribution in [2.45, 2.75) is 32.9 Å². The molecule has 1 amide bonds. The molecule has 156 valence electrons. The fraction of sp³-hybridized carbons (Fsp3) is 0.333. The first kappa shape index (κ1) is 20.3. The predicted octanol–water partition coefficient (Wildman–Crippen LogP) is 4.05. The zero-order valence-electron chi connectivity index (χ0n) is 17.5. The van der Waals surface area contributed by atoms with Gasteiger partial charge in [0.15, 0.2) is 0 Å². The van der Waals surface area contributed by atoms with Crippen molar-refractivity contribution >= 4 is 5.91 Å². The van der Waals surface area contributed by atoms with Crippen LogP contribution in [0.25, 0.3) is 5.69 Å². The minimum atomic E-state index is -0.346. The third-order valence-electron chi connectivity index (χ3n) is 5.59. The molecule has 0 aliphatic carbocycles. The Kier molecular flexibility index (Phi) is 5.95. The third kappa shape index (κ3) is 4.14. The first-order valence-corrected chi connectivity index (χ1v) is 10.4. The number of para-hydroxylation sites is 1. The summed E-state index contributed by atoms with van der Waals surface area (Å²) in [6, 6.07) is 15.8. The van der Waals surface area contributed by atoms with Crippen LogP contribution < -0.4 is 0 Å². The topological polar surface area (TPSA) is 41.4 Å². The average molecular weight is 407 g/mol. The summed E-state index contributed by atoms with van der Waals surface area (Å²) in [5.41, 5.74) is 4.88. The molecule has 1 aliphatic rings. The van der Waals surface area contributed by atoms with E-state index in [4.69, 9.17) is 5.10 Å². The van der Waals surface area contributed by atoms with E-state index in [1.807, 2.05) is 22.9 Å². The smallest absolute Gasteiger partial charge is 0.253 e. The number of carbonyl (C=O) groups excluding carboxylic acids is 1. The highest BCUT2D eigenvalue weighted by atomic mass is 19.1. The van der Waals surface area contributed by atoms with Gasteiger partial charge in [0.05, 0.1) is 23.6 Å². The van der Waals surface area contributed by atoms with E-state index in [-0.39, 0.29) is 11.7 Å². The summed E-state index contributed by atoms with van der Waals surface area (Å²) < 4.78 is 15.2. The van der Waals surface area contributed by atoms with Crippen molar-refractivity contribution in [2.75, 3.05) is 20.1 Å². The zero-order valence-corrected chi connectivity index (χ0v) is 17.5. The van der Waals surface area contributed by atoms with Gasteiger partial charge < -0.3 is 4.90 Å². The molecule has 4 rings (SSSR count). The number of carbonyl (C=O) groups is 1. The highest BCUT2D eigenvalue weighted by molar-refractivity contribution is 5.93. The molecule has 0 bridgehead atoms. The van der Waals surface area contributed by atoms with Gasteiger partial charge in [0.25, 0.3) is 5.91 Å². The van der Waals surface area contributed by atoms with Crippen molar-refractivity contribution in [2.24, 2.45) is 0 Å². The van der Waals surface area contributed by atoms with Gasteiger partial charge in [-0.2, -0.15) is 5.10 Å². The van der Waals surface area contributed by atoms with Crippen LogP contribution in [0.3, 0.4) is 0 Å². The van der Waals surface area contributed by atoms with E-state index in [9.17, 15) is 9.18 Å². The van der Waals surface area contributed by atoms with Gasteiger partial charge >= 0.3 is 0 Å². The Morgan fingerprint density at radius 3 is 2.57 bits per heavy atom. The van der Waals surface area contributed by atoms with Gasteiger partial charge in [0.2, 0.25) is 0 Å². The quantitative estimate of drug-likeness (QED) is 0.620. The number of hydrogen-bond donors (Lipinski definition) is 0. The van der Waals surface area contributed by atoms with Gasteiger partial charge in [-0.3, -0.25) is 9.69 Å². The van der Waals surface area contributed by atoms with Crippen LogP contribution in [-0.2, 0) is 19.5 Å². The van der Waals surface area contributed by atoms with Gasteiger partial charge in [0.1, 0.15) is 5.82 Å². The Morgan fingerprint density at radius 2 is 1.87 bits per heavy atom. The first-order chi connectivity index (χ1) is 14.6. The number of benzene rings is 2. The normalized spacial score (nSPS) is 13.8. The molecule has 1 aliphatic heterocycles. The van der Waals surface area contributed by atoms with Gasteiger partial charge in [-0.05, 0) is 49.4 Å². The summed E-state index contributed by atoms with van der Waals surface area (Å²) in [6.07, 6.45) is 2.05. The molecule has 3 aromatic rings. The Morgan fingerprint density at radius 1 is 1.13 bits per heavy atom. The number of hydrogen-bond acceptors (Lipinski definition) is 3. The fourth-order valence-electron chi connectivity index (χ4n) is 4.07. The lowest BCUT2D eigenvalue weighted by molar-refractivity contribution is 0.0782. The van der Waals surface area contributed by atoms with Crippen molar-refractivity contribution in [1.29, 1.82) is 0 Å². The second-order valence-corrected chi connectivity index (χ2v) is 7.81. The summed E-state index contributed by atoms with van der Waals surface area (Å²) in [5, 5.41) is 4.92. The van der Waals surface area contributed by atoms with E-state index in [1.54, 1.807) is 11.9 Å². The lowest BCUT2D eigenvalue weighted by atomic mass is 10.0. The number of halogens is 1. The van der Waals surface area contributed by atoms with Crippen molar-refractivity contribution in [3.05, 3.63) is 82.9 Å². The van der Waals surface area contributed by atoms with Crippen LogP contribution in [0.2, 0.25) is 0 Å². The maximum absolute atomic E-state index is 13.2. The molecular weight excluding hydrogens is 379 g/mol. The largest absolute Gasteiger partial charge is 0.336 e. The molecule has 2 aromatic carbocycles. The Bertz CT molecular complexity index is 1010. The molecular formula is C24H27FN4O. The van der Waals surface area contributed by atoms with Crippen LogP contribution in [0, 0.1) is 5.82 Å². The second-order valence-electron chi connectivity index (χ2n) is 7.81. The Labute approximate surface area is 176 Å². The van der Waals surface area contributed by atoms with Gasteiger partial charge in [0, 0.05) is 37.7 Å².